The van der Waals surface area contributed by atoms with Crippen molar-refractivity contribution in [2.24, 2.45) is 11.3 Å². The zero-order chi connectivity index (χ0) is 11.1. The smallest absolute Gasteiger partial charge is 0.254 e. The topological polar surface area (TPSA) is 29.1 Å². The summed E-state index contributed by atoms with van der Waals surface area (Å²) in [6.45, 7) is 3.84. The molecule has 1 spiro atoms. The summed E-state index contributed by atoms with van der Waals surface area (Å²) in [5, 5.41) is 2.67. The summed E-state index contributed by atoms with van der Waals surface area (Å²) in [6, 6.07) is 0. The highest BCUT2D eigenvalue weighted by Gasteiger charge is 2.72. The van der Waals surface area contributed by atoms with Gasteiger partial charge in [-0.25, -0.2) is 8.78 Å². The van der Waals surface area contributed by atoms with Crippen LogP contribution < -0.4 is 5.32 Å². The van der Waals surface area contributed by atoms with Gasteiger partial charge in [0.25, 0.3) is 5.92 Å². The molecule has 2 unspecified atom stereocenters. The molecule has 2 fully saturated rings. The Morgan fingerprint density at radius 2 is 2.27 bits per heavy atom. The number of alkyl halides is 2. The van der Waals surface area contributed by atoms with E-state index in [-0.39, 0.29) is 18.2 Å². The van der Waals surface area contributed by atoms with Crippen LogP contribution in [0.3, 0.4) is 0 Å². The van der Waals surface area contributed by atoms with Gasteiger partial charge in [0.1, 0.15) is 0 Å². The first-order valence-electron chi connectivity index (χ1n) is 5.27. The van der Waals surface area contributed by atoms with Crippen LogP contribution in [-0.4, -0.2) is 18.4 Å². The average molecular weight is 215 g/mol. The van der Waals surface area contributed by atoms with Gasteiger partial charge in [0, 0.05) is 18.4 Å². The molecule has 2 atom stereocenters. The van der Waals surface area contributed by atoms with Gasteiger partial charge in [0.05, 0.1) is 0 Å². The molecule has 15 heavy (non-hydrogen) atoms. The van der Waals surface area contributed by atoms with Crippen molar-refractivity contribution in [2.75, 3.05) is 6.54 Å². The maximum Gasteiger partial charge on any atom is 0.254 e. The van der Waals surface area contributed by atoms with E-state index >= 15 is 0 Å². The molecule has 0 radical (unpaired) electrons. The van der Waals surface area contributed by atoms with E-state index in [9.17, 15) is 13.6 Å². The molecule has 2 nitrogen and oxygen atoms in total. The van der Waals surface area contributed by atoms with Gasteiger partial charge in [-0.2, -0.15) is 0 Å². The van der Waals surface area contributed by atoms with E-state index in [1.54, 1.807) is 0 Å². The Balaban J connectivity index is 1.79. The minimum Gasteiger partial charge on any atom is -0.352 e. The van der Waals surface area contributed by atoms with E-state index in [1.807, 2.05) is 0 Å². The predicted octanol–water partition coefficient (Wildman–Crippen LogP) is 2.11. The molecule has 0 bridgehead atoms. The highest BCUT2D eigenvalue weighted by atomic mass is 19.3. The van der Waals surface area contributed by atoms with Crippen LogP contribution in [0.1, 0.15) is 25.7 Å². The third kappa shape index (κ3) is 1.77. The normalized spacial score (nSPS) is 36.5. The van der Waals surface area contributed by atoms with Crippen molar-refractivity contribution < 1.29 is 13.6 Å². The van der Waals surface area contributed by atoms with Gasteiger partial charge in [0.15, 0.2) is 0 Å². The minimum absolute atomic E-state index is 0.0475. The molecule has 0 aromatic carbocycles. The van der Waals surface area contributed by atoms with E-state index in [0.717, 1.165) is 6.42 Å². The predicted molar refractivity (Wildman–Crippen MR) is 52.5 cm³/mol. The highest BCUT2D eigenvalue weighted by Crippen LogP contribution is 2.69. The van der Waals surface area contributed by atoms with Gasteiger partial charge in [-0.15, -0.1) is 0 Å². The van der Waals surface area contributed by atoms with E-state index in [1.165, 1.54) is 6.08 Å². The minimum atomic E-state index is -2.44. The van der Waals surface area contributed by atoms with Crippen molar-refractivity contribution in [2.45, 2.75) is 31.6 Å². The largest absolute Gasteiger partial charge is 0.352 e. The van der Waals surface area contributed by atoms with Crippen molar-refractivity contribution >= 4 is 5.91 Å². The molecular weight excluding hydrogens is 200 g/mol. The summed E-state index contributed by atoms with van der Waals surface area (Å²) in [7, 11) is 0. The van der Waals surface area contributed by atoms with Crippen molar-refractivity contribution in [3.63, 3.8) is 0 Å². The summed E-state index contributed by atoms with van der Waals surface area (Å²) in [6.07, 6.45) is 3.21. The van der Waals surface area contributed by atoms with Crippen LogP contribution in [0.5, 0.6) is 0 Å². The van der Waals surface area contributed by atoms with E-state index in [0.29, 0.717) is 19.4 Å². The summed E-state index contributed by atoms with van der Waals surface area (Å²) >= 11 is 0. The number of hydrogen-bond acceptors (Lipinski definition) is 1. The van der Waals surface area contributed by atoms with E-state index in [4.69, 9.17) is 0 Å². The first kappa shape index (κ1) is 10.6. The quantitative estimate of drug-likeness (QED) is 0.718. The first-order chi connectivity index (χ1) is 6.99. The summed E-state index contributed by atoms with van der Waals surface area (Å²) in [5.74, 6) is -2.45. The Hall–Kier alpha value is -0.930. The summed E-state index contributed by atoms with van der Waals surface area (Å²) in [4.78, 5) is 10.9. The molecule has 2 aliphatic rings. The fraction of sp³-hybridized carbons (Fsp3) is 0.727. The number of amides is 1. The summed E-state index contributed by atoms with van der Waals surface area (Å²) < 4.78 is 26.1. The second-order valence-electron chi connectivity index (χ2n) is 4.72. The average Bonchev–Trinajstić information content (AvgIpc) is 2.57. The Bertz CT molecular complexity index is 303. The molecule has 0 heterocycles. The standard InChI is InChI=1S/C11H15F2NO/c1-2-9(15)14-6-8-3-4-10(5-8)7-11(10,12)13/h2,8H,1,3-7H2,(H,14,15). The fourth-order valence-electron chi connectivity index (χ4n) is 2.60. The zero-order valence-electron chi connectivity index (χ0n) is 8.56. The van der Waals surface area contributed by atoms with Gasteiger partial charge in [-0.3, -0.25) is 4.79 Å². The maximum absolute atomic E-state index is 13.0. The lowest BCUT2D eigenvalue weighted by Gasteiger charge is -2.10. The maximum atomic E-state index is 13.0. The fourth-order valence-corrected chi connectivity index (χ4v) is 2.60. The molecule has 1 amide bonds. The van der Waals surface area contributed by atoms with Crippen LogP contribution in [0.4, 0.5) is 8.78 Å². The van der Waals surface area contributed by atoms with Crippen LogP contribution in [0, 0.1) is 11.3 Å². The first-order valence-corrected chi connectivity index (χ1v) is 5.27. The molecule has 4 heteroatoms. The Labute approximate surface area is 87.7 Å². The SMILES string of the molecule is C=CC(=O)NCC1CCC2(C1)CC2(F)F. The molecule has 0 aliphatic heterocycles. The lowest BCUT2D eigenvalue weighted by molar-refractivity contribution is -0.116. The van der Waals surface area contributed by atoms with E-state index < -0.39 is 11.3 Å². The third-order valence-corrected chi connectivity index (χ3v) is 3.67. The zero-order valence-corrected chi connectivity index (χ0v) is 8.56. The van der Waals surface area contributed by atoms with Crippen molar-refractivity contribution in [3.05, 3.63) is 12.7 Å². The lowest BCUT2D eigenvalue weighted by atomic mass is 10.0. The molecule has 1 N–H and O–H groups in total. The van der Waals surface area contributed by atoms with Crippen molar-refractivity contribution in [1.82, 2.24) is 5.32 Å². The molecule has 2 aliphatic carbocycles. The molecule has 0 aromatic heterocycles. The van der Waals surface area contributed by atoms with Crippen LogP contribution in [-0.2, 0) is 4.79 Å². The number of carbonyl (C=O) groups excluding carboxylic acids is 1. The van der Waals surface area contributed by atoms with Crippen LogP contribution in [0.2, 0.25) is 0 Å². The molecule has 2 saturated carbocycles. The van der Waals surface area contributed by atoms with Crippen LogP contribution in [0.15, 0.2) is 12.7 Å². The van der Waals surface area contributed by atoms with Crippen LogP contribution >= 0.6 is 0 Å². The van der Waals surface area contributed by atoms with Gasteiger partial charge < -0.3 is 5.32 Å². The van der Waals surface area contributed by atoms with Gasteiger partial charge in [-0.05, 0) is 31.3 Å². The third-order valence-electron chi connectivity index (χ3n) is 3.67. The Morgan fingerprint density at radius 3 is 2.73 bits per heavy atom. The second kappa shape index (κ2) is 3.29. The van der Waals surface area contributed by atoms with Crippen LogP contribution in [0.25, 0.3) is 0 Å². The second-order valence-corrected chi connectivity index (χ2v) is 4.72. The monoisotopic (exact) mass is 215 g/mol. The van der Waals surface area contributed by atoms with Crippen molar-refractivity contribution in [1.29, 1.82) is 0 Å². The molecular formula is C11H15F2NO. The molecule has 2 rings (SSSR count). The number of nitrogens with one attached hydrogen (secondary N) is 1. The Morgan fingerprint density at radius 1 is 1.60 bits per heavy atom. The Kier molecular flexibility index (Phi) is 2.32. The number of hydrogen-bond donors (Lipinski definition) is 1. The number of carbonyl (C=O) groups is 1. The molecule has 0 saturated heterocycles. The van der Waals surface area contributed by atoms with Gasteiger partial charge in [-0.1, -0.05) is 6.58 Å². The number of rotatable bonds is 3. The van der Waals surface area contributed by atoms with Gasteiger partial charge >= 0.3 is 0 Å². The highest BCUT2D eigenvalue weighted by molar-refractivity contribution is 5.86. The lowest BCUT2D eigenvalue weighted by Crippen LogP contribution is -2.26. The molecule has 0 aromatic rings. The number of halogens is 2. The van der Waals surface area contributed by atoms with Gasteiger partial charge in [0.2, 0.25) is 5.91 Å². The molecule has 84 valence electrons. The van der Waals surface area contributed by atoms with E-state index in [2.05, 4.69) is 11.9 Å². The van der Waals surface area contributed by atoms with Crippen molar-refractivity contribution in [3.8, 4) is 0 Å². The summed E-state index contributed by atoms with van der Waals surface area (Å²) in [5.41, 5.74) is -0.712.